The van der Waals surface area contributed by atoms with Gasteiger partial charge in [0, 0.05) is 12.1 Å². The Bertz CT molecular complexity index is 1210. The maximum absolute atomic E-state index is 13.3. The molecule has 1 amide bonds. The molecule has 1 unspecified atom stereocenters. The van der Waals surface area contributed by atoms with Gasteiger partial charge in [-0.15, -0.1) is 0 Å². The minimum atomic E-state index is -0.870. The number of carbonyl (C=O) groups is 2. The molecule has 2 heterocycles. The summed E-state index contributed by atoms with van der Waals surface area (Å²) in [5.41, 5.74) is 1.19. The number of hydrogen-bond donors (Lipinski definition) is 1. The van der Waals surface area contributed by atoms with Crippen LogP contribution in [0.2, 0.25) is 0 Å². The smallest absolute Gasteiger partial charge is 0.295 e. The third-order valence-electron chi connectivity index (χ3n) is 5.73. The zero-order valence-corrected chi connectivity index (χ0v) is 19.1. The first kappa shape index (κ1) is 23.3. The van der Waals surface area contributed by atoms with Crippen molar-refractivity contribution in [2.45, 2.75) is 32.7 Å². The van der Waals surface area contributed by atoms with Crippen molar-refractivity contribution >= 4 is 17.4 Å². The molecule has 0 aliphatic carbocycles. The normalized spacial score (nSPS) is 17.4. The fraction of sp³-hybridized carbons (Fsp3) is 0.259. The lowest BCUT2D eigenvalue weighted by molar-refractivity contribution is -0.140. The van der Waals surface area contributed by atoms with Crippen LogP contribution >= 0.6 is 0 Å². The number of ether oxygens (including phenoxy) is 1. The van der Waals surface area contributed by atoms with Crippen LogP contribution in [0.3, 0.4) is 0 Å². The lowest BCUT2D eigenvalue weighted by Crippen LogP contribution is -2.31. The summed E-state index contributed by atoms with van der Waals surface area (Å²) >= 11 is 0. The highest BCUT2D eigenvalue weighted by molar-refractivity contribution is 6.46. The highest BCUT2D eigenvalue weighted by Crippen LogP contribution is 2.40. The summed E-state index contributed by atoms with van der Waals surface area (Å²) in [4.78, 5) is 27.5. The van der Waals surface area contributed by atoms with E-state index >= 15 is 0 Å². The first-order chi connectivity index (χ1) is 16.4. The Hall–Kier alpha value is -3.87. The standard InChI is InChI=1S/C27H26FNO5/c1-3-16-33-21-11-7-19(8-12-21)25(30)23-24(22-13-4-17(2)34-22)29(27(32)26(23)31)15-14-18-5-9-20(28)10-6-18/h4-13,24,30H,3,14-16H2,1-2H3/b25-23-. The third-order valence-corrected chi connectivity index (χ3v) is 5.73. The van der Waals surface area contributed by atoms with E-state index in [2.05, 4.69) is 0 Å². The van der Waals surface area contributed by atoms with Gasteiger partial charge in [-0.25, -0.2) is 4.39 Å². The largest absolute Gasteiger partial charge is 0.507 e. The highest BCUT2D eigenvalue weighted by atomic mass is 19.1. The summed E-state index contributed by atoms with van der Waals surface area (Å²) in [5.74, 6) is -0.453. The van der Waals surface area contributed by atoms with E-state index in [-0.39, 0.29) is 23.7 Å². The fourth-order valence-corrected chi connectivity index (χ4v) is 3.99. The van der Waals surface area contributed by atoms with E-state index in [1.54, 1.807) is 55.5 Å². The van der Waals surface area contributed by atoms with Gasteiger partial charge in [-0.3, -0.25) is 9.59 Å². The van der Waals surface area contributed by atoms with E-state index in [1.165, 1.54) is 17.0 Å². The summed E-state index contributed by atoms with van der Waals surface area (Å²) in [6, 6.07) is 15.3. The van der Waals surface area contributed by atoms with Crippen LogP contribution in [0.5, 0.6) is 5.75 Å². The zero-order valence-electron chi connectivity index (χ0n) is 19.1. The minimum Gasteiger partial charge on any atom is -0.507 e. The topological polar surface area (TPSA) is 80.0 Å². The van der Waals surface area contributed by atoms with E-state index in [4.69, 9.17) is 9.15 Å². The molecule has 34 heavy (non-hydrogen) atoms. The molecule has 7 heteroatoms. The number of amides is 1. The van der Waals surface area contributed by atoms with Gasteiger partial charge in [-0.1, -0.05) is 19.1 Å². The number of furan rings is 1. The average molecular weight is 464 g/mol. The minimum absolute atomic E-state index is 0.0271. The van der Waals surface area contributed by atoms with E-state index in [1.807, 2.05) is 6.92 Å². The molecule has 3 aromatic rings. The Morgan fingerprint density at radius 3 is 2.38 bits per heavy atom. The zero-order chi connectivity index (χ0) is 24.2. The van der Waals surface area contributed by atoms with Gasteiger partial charge in [-0.2, -0.15) is 0 Å². The van der Waals surface area contributed by atoms with Crippen molar-refractivity contribution in [1.29, 1.82) is 0 Å². The molecule has 2 aromatic carbocycles. The first-order valence-corrected chi connectivity index (χ1v) is 11.2. The van der Waals surface area contributed by atoms with Crippen LogP contribution in [-0.2, 0) is 16.0 Å². The Balaban J connectivity index is 1.69. The number of nitrogens with zero attached hydrogens (tertiary/aromatic N) is 1. The van der Waals surface area contributed by atoms with Crippen molar-refractivity contribution < 1.29 is 28.2 Å². The summed E-state index contributed by atoms with van der Waals surface area (Å²) in [5, 5.41) is 11.1. The SMILES string of the molecule is CCCOc1ccc(/C(O)=C2/C(=O)C(=O)N(CCc3ccc(F)cc3)C2c2ccc(C)o2)cc1. The molecule has 1 aliphatic rings. The Morgan fingerprint density at radius 2 is 1.76 bits per heavy atom. The number of halogens is 1. The van der Waals surface area contributed by atoms with E-state index < -0.39 is 17.7 Å². The van der Waals surface area contributed by atoms with Crippen molar-refractivity contribution in [3.8, 4) is 5.75 Å². The average Bonchev–Trinajstić information content (AvgIpc) is 3.38. The maximum atomic E-state index is 13.3. The summed E-state index contributed by atoms with van der Waals surface area (Å²) < 4.78 is 24.6. The molecule has 1 saturated heterocycles. The van der Waals surface area contributed by atoms with Gasteiger partial charge in [0.05, 0.1) is 12.2 Å². The molecule has 1 N–H and O–H groups in total. The molecule has 6 nitrogen and oxygen atoms in total. The summed E-state index contributed by atoms with van der Waals surface area (Å²) in [7, 11) is 0. The fourth-order valence-electron chi connectivity index (χ4n) is 3.99. The van der Waals surface area contributed by atoms with E-state index in [9.17, 15) is 19.1 Å². The van der Waals surface area contributed by atoms with Gasteiger partial charge >= 0.3 is 0 Å². The molecular weight excluding hydrogens is 437 g/mol. The van der Waals surface area contributed by atoms with Gasteiger partial charge in [0.1, 0.15) is 34.9 Å². The number of aliphatic hydroxyl groups excluding tert-OH is 1. The lowest BCUT2D eigenvalue weighted by Gasteiger charge is -2.23. The second-order valence-corrected chi connectivity index (χ2v) is 8.19. The first-order valence-electron chi connectivity index (χ1n) is 11.2. The molecule has 0 bridgehead atoms. The van der Waals surface area contributed by atoms with Gasteiger partial charge in [0.25, 0.3) is 11.7 Å². The van der Waals surface area contributed by atoms with E-state index in [0.29, 0.717) is 35.9 Å². The van der Waals surface area contributed by atoms with Gasteiger partial charge in [0.15, 0.2) is 0 Å². The van der Waals surface area contributed by atoms with Crippen LogP contribution in [0, 0.1) is 12.7 Å². The van der Waals surface area contributed by atoms with Crippen LogP contribution in [0.1, 0.15) is 42.0 Å². The number of ketones is 1. The summed E-state index contributed by atoms with van der Waals surface area (Å²) in [6.07, 6.45) is 1.28. The van der Waals surface area contributed by atoms with Crippen molar-refractivity contribution in [3.05, 3.63) is 94.7 Å². The number of likely N-dealkylation sites (tertiary alicyclic amines) is 1. The number of aliphatic hydroxyl groups is 1. The molecule has 1 aromatic heterocycles. The quantitative estimate of drug-likeness (QED) is 0.283. The van der Waals surface area contributed by atoms with Crippen LogP contribution in [0.25, 0.3) is 5.76 Å². The van der Waals surface area contributed by atoms with Crippen molar-refractivity contribution in [1.82, 2.24) is 4.90 Å². The van der Waals surface area contributed by atoms with Gasteiger partial charge in [0.2, 0.25) is 0 Å². The number of Topliss-reactive ketones (excluding diaryl/α,β-unsaturated/α-hetero) is 1. The molecule has 0 spiro atoms. The van der Waals surface area contributed by atoms with Crippen molar-refractivity contribution in [3.63, 3.8) is 0 Å². The molecule has 0 saturated carbocycles. The van der Waals surface area contributed by atoms with Crippen LogP contribution in [0.4, 0.5) is 4.39 Å². The second kappa shape index (κ2) is 9.95. The molecule has 0 radical (unpaired) electrons. The van der Waals surface area contributed by atoms with Crippen LogP contribution in [0.15, 0.2) is 70.7 Å². The van der Waals surface area contributed by atoms with E-state index in [0.717, 1.165) is 12.0 Å². The predicted octanol–water partition coefficient (Wildman–Crippen LogP) is 5.18. The lowest BCUT2D eigenvalue weighted by atomic mass is 9.99. The predicted molar refractivity (Wildman–Crippen MR) is 125 cm³/mol. The molecule has 176 valence electrons. The van der Waals surface area contributed by atoms with Crippen molar-refractivity contribution in [2.75, 3.05) is 13.2 Å². The molecular formula is C27H26FNO5. The Morgan fingerprint density at radius 1 is 1.06 bits per heavy atom. The molecule has 1 atom stereocenters. The third kappa shape index (κ3) is 4.73. The number of aryl methyl sites for hydroxylation is 1. The number of rotatable bonds is 8. The van der Waals surface area contributed by atoms with Crippen LogP contribution < -0.4 is 4.74 Å². The highest BCUT2D eigenvalue weighted by Gasteiger charge is 2.47. The Kier molecular flexibility index (Phi) is 6.82. The summed E-state index contributed by atoms with van der Waals surface area (Å²) in [6.45, 7) is 4.54. The number of carbonyl (C=O) groups excluding carboxylic acids is 2. The molecule has 1 aliphatic heterocycles. The molecule has 1 fully saturated rings. The van der Waals surface area contributed by atoms with Crippen LogP contribution in [-0.4, -0.2) is 34.8 Å². The number of hydrogen-bond acceptors (Lipinski definition) is 5. The van der Waals surface area contributed by atoms with Gasteiger partial charge in [-0.05, 0) is 73.9 Å². The second-order valence-electron chi connectivity index (χ2n) is 8.19. The maximum Gasteiger partial charge on any atom is 0.295 e. The number of benzene rings is 2. The van der Waals surface area contributed by atoms with Crippen molar-refractivity contribution in [2.24, 2.45) is 0 Å². The molecule has 4 rings (SSSR count). The van der Waals surface area contributed by atoms with Gasteiger partial charge < -0.3 is 19.2 Å². The monoisotopic (exact) mass is 463 g/mol. The Labute approximate surface area is 197 Å².